The molecule has 0 radical (unpaired) electrons. The van der Waals surface area contributed by atoms with E-state index in [1.165, 1.54) is 6.20 Å². The van der Waals surface area contributed by atoms with Gasteiger partial charge in [-0.3, -0.25) is 9.48 Å². The van der Waals surface area contributed by atoms with E-state index in [4.69, 9.17) is 5.11 Å². The number of benzene rings is 1. The number of anilines is 1. The molecule has 0 saturated heterocycles. The second kappa shape index (κ2) is 6.25. The summed E-state index contributed by atoms with van der Waals surface area (Å²) in [6.07, 6.45) is 1.54. The highest BCUT2D eigenvalue weighted by atomic mass is 16.2. The highest BCUT2D eigenvalue weighted by Gasteiger charge is 2.14. The van der Waals surface area contributed by atoms with Crippen molar-refractivity contribution >= 4 is 11.6 Å². The van der Waals surface area contributed by atoms with Crippen molar-refractivity contribution in [1.82, 2.24) is 9.78 Å². The molecule has 2 rings (SSSR count). The lowest BCUT2D eigenvalue weighted by Gasteiger charge is -2.08. The van der Waals surface area contributed by atoms with Gasteiger partial charge in [0.2, 0.25) is 0 Å². The normalized spacial score (nSPS) is 9.90. The Hall–Kier alpha value is -2.58. The number of carbonyl (C=O) groups is 1. The third-order valence-electron chi connectivity index (χ3n) is 3.21. The van der Waals surface area contributed by atoms with Crippen LogP contribution < -0.4 is 5.32 Å². The van der Waals surface area contributed by atoms with E-state index in [2.05, 4.69) is 22.3 Å². The molecular weight excluding hydrogens is 266 g/mol. The van der Waals surface area contributed by atoms with Crippen LogP contribution in [0.5, 0.6) is 0 Å². The zero-order valence-corrected chi connectivity index (χ0v) is 12.3. The van der Waals surface area contributed by atoms with Crippen LogP contribution in [0.25, 0.3) is 0 Å². The molecule has 0 aliphatic heterocycles. The third-order valence-corrected chi connectivity index (χ3v) is 3.21. The van der Waals surface area contributed by atoms with Crippen molar-refractivity contribution < 1.29 is 9.90 Å². The van der Waals surface area contributed by atoms with Crippen LogP contribution in [-0.4, -0.2) is 27.4 Å². The van der Waals surface area contributed by atoms with Crippen molar-refractivity contribution in [3.05, 3.63) is 46.8 Å². The topological polar surface area (TPSA) is 67.2 Å². The van der Waals surface area contributed by atoms with E-state index < -0.39 is 0 Å². The smallest absolute Gasteiger partial charge is 0.259 e. The molecule has 1 heterocycles. The molecule has 0 fully saturated rings. The summed E-state index contributed by atoms with van der Waals surface area (Å²) < 4.78 is 1.65. The number of amides is 1. The molecule has 2 aromatic rings. The molecule has 0 aliphatic rings. The number of hydrogen-bond donors (Lipinski definition) is 2. The quantitative estimate of drug-likeness (QED) is 0.823. The molecule has 2 N–H and O–H groups in total. The highest BCUT2D eigenvalue weighted by molar-refractivity contribution is 6.05. The van der Waals surface area contributed by atoms with Gasteiger partial charge < -0.3 is 10.4 Å². The predicted molar refractivity (Wildman–Crippen MR) is 81.0 cm³/mol. The fourth-order valence-electron chi connectivity index (χ4n) is 1.92. The van der Waals surface area contributed by atoms with Crippen LogP contribution in [0, 0.1) is 25.7 Å². The lowest BCUT2D eigenvalue weighted by atomic mass is 10.1. The minimum absolute atomic E-state index is 0.219. The minimum Gasteiger partial charge on any atom is -0.384 e. The zero-order chi connectivity index (χ0) is 15.4. The van der Waals surface area contributed by atoms with Crippen LogP contribution in [0.15, 0.2) is 24.4 Å². The molecule has 0 atom stereocenters. The summed E-state index contributed by atoms with van der Waals surface area (Å²) in [7, 11) is 1.79. The van der Waals surface area contributed by atoms with Crippen LogP contribution in [0.3, 0.4) is 0 Å². The lowest BCUT2D eigenvalue weighted by molar-refractivity contribution is 0.102. The largest absolute Gasteiger partial charge is 0.384 e. The Morgan fingerprint density at radius 1 is 1.43 bits per heavy atom. The van der Waals surface area contributed by atoms with E-state index >= 15 is 0 Å². The molecule has 108 valence electrons. The number of aliphatic hydroxyl groups excluding tert-OH is 1. The summed E-state index contributed by atoms with van der Waals surface area (Å²) in [5, 5.41) is 15.7. The molecule has 0 unspecified atom stereocenters. The molecule has 21 heavy (non-hydrogen) atoms. The van der Waals surface area contributed by atoms with Crippen LogP contribution in [0.2, 0.25) is 0 Å². The van der Waals surface area contributed by atoms with Gasteiger partial charge in [-0.2, -0.15) is 5.10 Å². The number of rotatable bonds is 2. The number of nitrogens with one attached hydrogen (secondary N) is 1. The fourth-order valence-corrected chi connectivity index (χ4v) is 1.92. The van der Waals surface area contributed by atoms with Crippen molar-refractivity contribution in [3.8, 4) is 11.8 Å². The number of aromatic nitrogens is 2. The molecule has 0 bridgehead atoms. The van der Waals surface area contributed by atoms with Crippen LogP contribution >= 0.6 is 0 Å². The van der Waals surface area contributed by atoms with E-state index in [1.807, 2.05) is 26.0 Å². The first-order valence-corrected chi connectivity index (χ1v) is 6.53. The van der Waals surface area contributed by atoms with E-state index in [9.17, 15) is 4.79 Å². The maximum Gasteiger partial charge on any atom is 0.259 e. The molecule has 1 aromatic carbocycles. The number of hydrogen-bond acceptors (Lipinski definition) is 3. The SMILES string of the molecule is Cc1ccc(NC(=O)c2cnn(C)c2C)c(C#CCO)c1. The minimum atomic E-state index is -0.225. The van der Waals surface area contributed by atoms with Crippen molar-refractivity contribution in [2.24, 2.45) is 7.05 Å². The van der Waals surface area contributed by atoms with Gasteiger partial charge in [-0.05, 0) is 31.5 Å². The number of carbonyl (C=O) groups excluding carboxylic acids is 1. The van der Waals surface area contributed by atoms with Crippen molar-refractivity contribution in [2.75, 3.05) is 11.9 Å². The molecule has 5 nitrogen and oxygen atoms in total. The standard InChI is InChI=1S/C16H17N3O2/c1-11-6-7-15(13(9-11)5-4-8-20)18-16(21)14-10-17-19(3)12(14)2/h6-7,9-10,20H,8H2,1-3H3,(H,18,21). The number of aryl methyl sites for hydroxylation is 2. The second-order valence-electron chi connectivity index (χ2n) is 4.73. The van der Waals surface area contributed by atoms with Crippen LogP contribution in [-0.2, 0) is 7.05 Å². The second-order valence-corrected chi connectivity index (χ2v) is 4.73. The molecule has 1 aromatic heterocycles. The summed E-state index contributed by atoms with van der Waals surface area (Å²) in [5.74, 6) is 5.22. The summed E-state index contributed by atoms with van der Waals surface area (Å²) in [4.78, 5) is 12.3. The van der Waals surface area contributed by atoms with Gasteiger partial charge in [0, 0.05) is 18.3 Å². The van der Waals surface area contributed by atoms with Crippen LogP contribution in [0.4, 0.5) is 5.69 Å². The van der Waals surface area contributed by atoms with E-state index in [0.717, 1.165) is 11.3 Å². The maximum absolute atomic E-state index is 12.3. The van der Waals surface area contributed by atoms with Crippen molar-refractivity contribution in [1.29, 1.82) is 0 Å². The van der Waals surface area contributed by atoms with Gasteiger partial charge >= 0.3 is 0 Å². The van der Waals surface area contributed by atoms with Gasteiger partial charge in [-0.1, -0.05) is 17.9 Å². The lowest BCUT2D eigenvalue weighted by Crippen LogP contribution is -2.14. The fraction of sp³-hybridized carbons (Fsp3) is 0.250. The number of nitrogens with zero attached hydrogens (tertiary/aromatic N) is 2. The summed E-state index contributed by atoms with van der Waals surface area (Å²) in [6, 6.07) is 5.57. The van der Waals surface area contributed by atoms with E-state index in [0.29, 0.717) is 16.8 Å². The van der Waals surface area contributed by atoms with Gasteiger partial charge in [0.25, 0.3) is 5.91 Å². The van der Waals surface area contributed by atoms with Gasteiger partial charge in [-0.15, -0.1) is 0 Å². The van der Waals surface area contributed by atoms with E-state index in [-0.39, 0.29) is 12.5 Å². The highest BCUT2D eigenvalue weighted by Crippen LogP contribution is 2.18. The van der Waals surface area contributed by atoms with E-state index in [1.54, 1.807) is 17.8 Å². The summed E-state index contributed by atoms with van der Waals surface area (Å²) >= 11 is 0. The van der Waals surface area contributed by atoms with Gasteiger partial charge in [0.1, 0.15) is 6.61 Å². The molecule has 1 amide bonds. The first-order chi connectivity index (χ1) is 10.0. The summed E-state index contributed by atoms with van der Waals surface area (Å²) in [5.41, 5.74) is 3.66. The average molecular weight is 283 g/mol. The molecule has 0 saturated carbocycles. The zero-order valence-electron chi connectivity index (χ0n) is 12.3. The Morgan fingerprint density at radius 2 is 2.19 bits per heavy atom. The number of aliphatic hydroxyl groups is 1. The third kappa shape index (κ3) is 3.30. The van der Waals surface area contributed by atoms with Crippen molar-refractivity contribution in [3.63, 3.8) is 0 Å². The Balaban J connectivity index is 2.31. The monoisotopic (exact) mass is 283 g/mol. The Labute approximate surface area is 123 Å². The maximum atomic E-state index is 12.3. The van der Waals surface area contributed by atoms with Crippen molar-refractivity contribution in [2.45, 2.75) is 13.8 Å². The summed E-state index contributed by atoms with van der Waals surface area (Å²) in [6.45, 7) is 3.56. The van der Waals surface area contributed by atoms with Gasteiger partial charge in [0.05, 0.1) is 17.4 Å². The predicted octanol–water partition coefficient (Wildman–Crippen LogP) is 1.63. The first kappa shape index (κ1) is 14.8. The Bertz CT molecular complexity index is 736. The molecular formula is C16H17N3O2. The van der Waals surface area contributed by atoms with Crippen LogP contribution in [0.1, 0.15) is 27.2 Å². The van der Waals surface area contributed by atoms with Gasteiger partial charge in [-0.25, -0.2) is 0 Å². The Morgan fingerprint density at radius 3 is 2.81 bits per heavy atom. The molecule has 5 heteroatoms. The first-order valence-electron chi connectivity index (χ1n) is 6.53. The average Bonchev–Trinajstić information content (AvgIpc) is 2.79. The Kier molecular flexibility index (Phi) is 4.41. The molecule has 0 aliphatic carbocycles. The van der Waals surface area contributed by atoms with Gasteiger partial charge in [0.15, 0.2) is 0 Å². The molecule has 0 spiro atoms.